The molecule has 0 bridgehead atoms. The first kappa shape index (κ1) is 20.8. The summed E-state index contributed by atoms with van der Waals surface area (Å²) in [5.41, 5.74) is -0.782. The number of fused-ring (bicyclic) bond motifs is 1. The fourth-order valence-corrected chi connectivity index (χ4v) is 5.04. The van der Waals surface area contributed by atoms with Crippen LogP contribution in [0.3, 0.4) is 0 Å². The largest absolute Gasteiger partial charge is 0.388 e. The normalized spacial score (nSPS) is 32.1. The summed E-state index contributed by atoms with van der Waals surface area (Å²) in [6.07, 6.45) is 4.01. The molecular formula is C23H32FNO4. The molecule has 1 N–H and O–H groups in total. The molecule has 3 fully saturated rings. The highest BCUT2D eigenvalue weighted by Gasteiger charge is 2.53. The molecule has 3 atom stereocenters. The molecule has 1 spiro atoms. The van der Waals surface area contributed by atoms with Gasteiger partial charge in [-0.05, 0) is 76.5 Å². The Bertz CT molecular complexity index is 768. The van der Waals surface area contributed by atoms with E-state index in [-0.39, 0.29) is 34.9 Å². The molecule has 0 radical (unpaired) electrons. The van der Waals surface area contributed by atoms with Crippen LogP contribution in [0, 0.1) is 11.2 Å². The van der Waals surface area contributed by atoms with Crippen LogP contribution in [0.2, 0.25) is 0 Å². The van der Waals surface area contributed by atoms with Crippen LogP contribution in [0.1, 0.15) is 63.2 Å². The van der Waals surface area contributed by atoms with Gasteiger partial charge in [0.05, 0.1) is 30.0 Å². The van der Waals surface area contributed by atoms with Gasteiger partial charge in [-0.1, -0.05) is 6.07 Å². The third-order valence-electron chi connectivity index (χ3n) is 7.21. The molecule has 1 aromatic rings. The van der Waals surface area contributed by atoms with Crippen LogP contribution in [0.15, 0.2) is 24.3 Å². The molecule has 0 saturated carbocycles. The van der Waals surface area contributed by atoms with E-state index in [1.165, 1.54) is 12.1 Å². The van der Waals surface area contributed by atoms with Crippen molar-refractivity contribution in [2.45, 2.75) is 76.3 Å². The number of hydrogen-bond acceptors (Lipinski definition) is 4. The molecular weight excluding hydrogens is 373 g/mol. The summed E-state index contributed by atoms with van der Waals surface area (Å²) in [6, 6.07) is 5.89. The Labute approximate surface area is 172 Å². The molecule has 29 heavy (non-hydrogen) atoms. The highest BCUT2D eigenvalue weighted by atomic mass is 19.1. The molecule has 0 unspecified atom stereocenters. The molecule has 0 aliphatic carbocycles. The minimum Gasteiger partial charge on any atom is -0.388 e. The number of piperidine rings is 1. The molecule has 3 aliphatic rings. The Hall–Kier alpha value is -1.50. The Kier molecular flexibility index (Phi) is 5.24. The standard InChI is InChI=1S/C23H32FNO4/c1-21(2,27)18-7-8-22(3)19(29-18)14-23(15-28-22)9-11-25(12-10-23)20(26)16-5-4-6-17(24)13-16/h4-6,13,18-19,27H,7-12,14-15H2,1-3H3/t18-,19-,22+/m0/s1. The van der Waals surface area contributed by atoms with Gasteiger partial charge in [0.15, 0.2) is 0 Å². The van der Waals surface area contributed by atoms with Crippen LogP contribution in [-0.4, -0.2) is 59.0 Å². The Morgan fingerprint density at radius 2 is 2.00 bits per heavy atom. The maximum absolute atomic E-state index is 13.5. The quantitative estimate of drug-likeness (QED) is 0.818. The molecule has 3 aliphatic heterocycles. The van der Waals surface area contributed by atoms with Crippen molar-refractivity contribution in [3.8, 4) is 0 Å². The van der Waals surface area contributed by atoms with Gasteiger partial charge >= 0.3 is 0 Å². The molecule has 4 rings (SSSR count). The lowest BCUT2D eigenvalue weighted by Crippen LogP contribution is -2.61. The summed E-state index contributed by atoms with van der Waals surface area (Å²) in [6.45, 7) is 7.67. The van der Waals surface area contributed by atoms with E-state index in [9.17, 15) is 14.3 Å². The van der Waals surface area contributed by atoms with Crippen molar-refractivity contribution in [3.63, 3.8) is 0 Å². The lowest BCUT2D eigenvalue weighted by molar-refractivity contribution is -0.271. The van der Waals surface area contributed by atoms with Crippen molar-refractivity contribution in [1.82, 2.24) is 4.90 Å². The predicted molar refractivity (Wildman–Crippen MR) is 107 cm³/mol. The Morgan fingerprint density at radius 3 is 2.66 bits per heavy atom. The smallest absolute Gasteiger partial charge is 0.253 e. The van der Waals surface area contributed by atoms with Crippen LogP contribution < -0.4 is 0 Å². The van der Waals surface area contributed by atoms with Crippen molar-refractivity contribution in [2.75, 3.05) is 19.7 Å². The number of aliphatic hydroxyl groups is 1. The number of ether oxygens (including phenoxy) is 2. The zero-order valence-electron chi connectivity index (χ0n) is 17.6. The van der Waals surface area contributed by atoms with E-state index < -0.39 is 5.60 Å². The fourth-order valence-electron chi connectivity index (χ4n) is 5.04. The third kappa shape index (κ3) is 4.07. The number of likely N-dealkylation sites (tertiary alicyclic amines) is 1. The number of carbonyl (C=O) groups is 1. The summed E-state index contributed by atoms with van der Waals surface area (Å²) in [5.74, 6) is -0.503. The number of carbonyl (C=O) groups excluding carboxylic acids is 1. The van der Waals surface area contributed by atoms with E-state index in [1.807, 2.05) is 4.90 Å². The maximum Gasteiger partial charge on any atom is 0.253 e. The summed E-state index contributed by atoms with van der Waals surface area (Å²) < 4.78 is 26.2. The second-order valence-electron chi connectivity index (χ2n) is 9.91. The maximum atomic E-state index is 13.5. The topological polar surface area (TPSA) is 59.0 Å². The monoisotopic (exact) mass is 405 g/mol. The van der Waals surface area contributed by atoms with Crippen molar-refractivity contribution in [1.29, 1.82) is 0 Å². The fraction of sp³-hybridized carbons (Fsp3) is 0.696. The lowest BCUT2D eigenvalue weighted by atomic mass is 9.68. The van der Waals surface area contributed by atoms with Crippen LogP contribution in [0.4, 0.5) is 4.39 Å². The summed E-state index contributed by atoms with van der Waals surface area (Å²) in [4.78, 5) is 14.5. The van der Waals surface area contributed by atoms with Crippen LogP contribution in [0.25, 0.3) is 0 Å². The van der Waals surface area contributed by atoms with E-state index in [4.69, 9.17) is 9.47 Å². The second-order valence-corrected chi connectivity index (χ2v) is 9.91. The Balaban J connectivity index is 1.41. The molecule has 160 valence electrons. The number of nitrogens with zero attached hydrogens (tertiary/aromatic N) is 1. The zero-order chi connectivity index (χ0) is 20.9. The van der Waals surface area contributed by atoms with Crippen LogP contribution in [-0.2, 0) is 9.47 Å². The summed E-state index contributed by atoms with van der Waals surface area (Å²) in [5, 5.41) is 10.4. The first-order valence-electron chi connectivity index (χ1n) is 10.7. The van der Waals surface area contributed by atoms with Gasteiger partial charge in [0.1, 0.15) is 5.82 Å². The van der Waals surface area contributed by atoms with Gasteiger partial charge in [-0.15, -0.1) is 0 Å². The van der Waals surface area contributed by atoms with Gasteiger partial charge in [0.2, 0.25) is 0 Å². The second kappa shape index (κ2) is 7.33. The van der Waals surface area contributed by atoms with Crippen molar-refractivity contribution in [3.05, 3.63) is 35.6 Å². The van der Waals surface area contributed by atoms with Crippen molar-refractivity contribution in [2.24, 2.45) is 5.41 Å². The van der Waals surface area contributed by atoms with Crippen LogP contribution >= 0.6 is 0 Å². The van der Waals surface area contributed by atoms with Crippen LogP contribution in [0.5, 0.6) is 0 Å². The lowest BCUT2D eigenvalue weighted by Gasteiger charge is -2.56. The van der Waals surface area contributed by atoms with Crippen molar-refractivity contribution >= 4 is 5.91 Å². The van der Waals surface area contributed by atoms with E-state index in [2.05, 4.69) is 6.92 Å². The van der Waals surface area contributed by atoms with Gasteiger partial charge in [-0.2, -0.15) is 0 Å². The van der Waals surface area contributed by atoms with E-state index in [0.29, 0.717) is 25.3 Å². The molecule has 1 amide bonds. The molecule has 3 saturated heterocycles. The summed E-state index contributed by atoms with van der Waals surface area (Å²) >= 11 is 0. The van der Waals surface area contributed by atoms with Gasteiger partial charge in [-0.25, -0.2) is 4.39 Å². The van der Waals surface area contributed by atoms with E-state index in [0.717, 1.165) is 32.1 Å². The molecule has 5 nitrogen and oxygen atoms in total. The third-order valence-corrected chi connectivity index (χ3v) is 7.21. The minimum atomic E-state index is -0.868. The van der Waals surface area contributed by atoms with Crippen molar-refractivity contribution < 1.29 is 23.8 Å². The average molecular weight is 406 g/mol. The highest BCUT2D eigenvalue weighted by molar-refractivity contribution is 5.94. The van der Waals surface area contributed by atoms with E-state index >= 15 is 0 Å². The highest BCUT2D eigenvalue weighted by Crippen LogP contribution is 2.49. The molecule has 6 heteroatoms. The van der Waals surface area contributed by atoms with Gasteiger partial charge < -0.3 is 19.5 Å². The first-order valence-corrected chi connectivity index (χ1v) is 10.7. The average Bonchev–Trinajstić information content (AvgIpc) is 2.67. The minimum absolute atomic E-state index is 0.00954. The summed E-state index contributed by atoms with van der Waals surface area (Å²) in [7, 11) is 0. The number of halogens is 1. The predicted octanol–water partition coefficient (Wildman–Crippen LogP) is 3.55. The first-order chi connectivity index (χ1) is 13.6. The van der Waals surface area contributed by atoms with Gasteiger partial charge in [-0.3, -0.25) is 4.79 Å². The van der Waals surface area contributed by atoms with Gasteiger partial charge in [0.25, 0.3) is 5.91 Å². The molecule has 0 aromatic heterocycles. The number of hydrogen-bond donors (Lipinski definition) is 1. The molecule has 1 aromatic carbocycles. The SMILES string of the molecule is CC(C)(O)[C@@H]1CC[C@@]2(C)OCC3(CCN(C(=O)c4cccc(F)c4)CC3)C[C@@H]2O1. The van der Waals surface area contributed by atoms with E-state index in [1.54, 1.807) is 26.0 Å². The Morgan fingerprint density at radius 1 is 1.28 bits per heavy atom. The van der Waals surface area contributed by atoms with Gasteiger partial charge in [0, 0.05) is 18.7 Å². The number of rotatable bonds is 2. The zero-order valence-corrected chi connectivity index (χ0v) is 17.6. The number of benzene rings is 1. The number of amides is 1. The molecule has 3 heterocycles.